The number of nitrogens with zero attached hydrogens (tertiary/aromatic N) is 1. The molecule has 0 aliphatic carbocycles. The molecule has 0 radical (unpaired) electrons. The molecule has 0 spiro atoms. The van der Waals surface area contributed by atoms with Gasteiger partial charge in [0.2, 0.25) is 0 Å². The lowest BCUT2D eigenvalue weighted by molar-refractivity contribution is -1.07. The highest BCUT2D eigenvalue weighted by Gasteiger charge is 2.08. The van der Waals surface area contributed by atoms with Crippen molar-refractivity contribution in [1.82, 2.24) is 0 Å². The molecule has 30 heavy (non-hydrogen) atoms. The van der Waals surface area contributed by atoms with E-state index in [9.17, 15) is 5.21 Å². The molecule has 3 N–H and O–H groups in total. The average Bonchev–Trinajstić information content (AvgIpc) is 2.65. The average molecular weight is 452 g/mol. The minimum atomic E-state index is -2.87. The quantitative estimate of drug-likeness (QED) is 0.0772. The fourth-order valence-electron chi connectivity index (χ4n) is 3.75. The smallest absolute Gasteiger partial charge is 0.108 e. The number of hydrogen-bond acceptors (Lipinski definition) is 4. The number of rotatable bonds is 21. The molecule has 0 rings (SSSR count). The van der Waals surface area contributed by atoms with Crippen molar-refractivity contribution in [2.24, 2.45) is 0 Å². The third kappa shape index (κ3) is 38.8. The minimum Gasteiger partial charge on any atom is -0.786 e. The molecule has 0 aliphatic heterocycles. The first-order valence-corrected chi connectivity index (χ1v) is 13.9. The summed E-state index contributed by atoms with van der Waals surface area (Å²) >= 11 is 0. The Bertz CT molecular complexity index is 309. The van der Waals surface area contributed by atoms with Crippen molar-refractivity contribution in [2.45, 2.75) is 135 Å². The lowest BCUT2D eigenvalue weighted by atomic mass is 10.0. The third-order valence-corrected chi connectivity index (χ3v) is 5.56. The van der Waals surface area contributed by atoms with Gasteiger partial charge in [0.15, 0.2) is 0 Å². The Labute approximate surface area is 189 Å². The van der Waals surface area contributed by atoms with Crippen molar-refractivity contribution in [3.63, 3.8) is 0 Å². The molecule has 5 nitrogen and oxygen atoms in total. The first kappa shape index (κ1) is 32.4. The summed E-state index contributed by atoms with van der Waals surface area (Å²) in [5.41, 5.74) is 0. The Morgan fingerprint density at radius 3 is 0.933 bits per heavy atom. The van der Waals surface area contributed by atoms with Gasteiger partial charge in [0.05, 0.1) is 22.7 Å². The molecule has 0 aromatic carbocycles. The second kappa shape index (κ2) is 25.5. The van der Waals surface area contributed by atoms with Gasteiger partial charge in [0, 0.05) is 0 Å². The van der Waals surface area contributed by atoms with E-state index in [0.717, 1.165) is 13.0 Å². The fourth-order valence-corrected chi connectivity index (χ4v) is 3.75. The summed E-state index contributed by atoms with van der Waals surface area (Å²) in [6.07, 6.45) is 28.4. The van der Waals surface area contributed by atoms with E-state index < -0.39 is 8.60 Å². The molecule has 184 valence electrons. The second-order valence-electron chi connectivity index (χ2n) is 9.31. The van der Waals surface area contributed by atoms with Crippen LogP contribution in [0.2, 0.25) is 0 Å². The summed E-state index contributed by atoms with van der Waals surface area (Å²) in [6.45, 7) is 3.18. The van der Waals surface area contributed by atoms with Gasteiger partial charge in [-0.15, -0.1) is 0 Å². The zero-order valence-electron chi connectivity index (χ0n) is 20.5. The first-order valence-electron chi connectivity index (χ1n) is 12.7. The standard InChI is InChI=1S/C24H52NO.H2O3P/c1-4-5-6-7-8-9-10-11-12-13-14-15-16-17-18-19-20-21-22-23-24-25(2,3)26;1-4(2)3/h26H,4-24H2,1-3H3;1-2H/q+1;-1. The van der Waals surface area contributed by atoms with Crippen LogP contribution in [0.25, 0.3) is 0 Å². The van der Waals surface area contributed by atoms with E-state index in [1.54, 1.807) is 0 Å². The van der Waals surface area contributed by atoms with Gasteiger partial charge in [-0.25, -0.2) is 5.21 Å². The minimum absolute atomic E-state index is 0.124. The van der Waals surface area contributed by atoms with Crippen LogP contribution >= 0.6 is 8.60 Å². The Morgan fingerprint density at radius 2 is 0.733 bits per heavy atom. The highest BCUT2D eigenvalue weighted by Crippen LogP contribution is 2.15. The molecular formula is C24H54NO4P. The van der Waals surface area contributed by atoms with Gasteiger partial charge in [-0.3, -0.25) is 0 Å². The van der Waals surface area contributed by atoms with Crippen LogP contribution in [0.15, 0.2) is 0 Å². The second-order valence-corrected chi connectivity index (χ2v) is 9.82. The summed E-state index contributed by atoms with van der Waals surface area (Å²) in [5.74, 6) is 0. The molecule has 0 bridgehead atoms. The zero-order valence-corrected chi connectivity index (χ0v) is 21.4. The summed E-state index contributed by atoms with van der Waals surface area (Å²) in [7, 11) is 0.843. The molecule has 0 atom stereocenters. The maximum absolute atomic E-state index is 9.61. The van der Waals surface area contributed by atoms with Crippen LogP contribution in [0.3, 0.4) is 0 Å². The first-order chi connectivity index (χ1) is 14.3. The lowest BCUT2D eigenvalue weighted by Gasteiger charge is -2.18. The third-order valence-electron chi connectivity index (χ3n) is 5.56. The van der Waals surface area contributed by atoms with Crippen molar-refractivity contribution in [3.8, 4) is 0 Å². The van der Waals surface area contributed by atoms with Gasteiger partial charge < -0.3 is 14.7 Å². The molecule has 0 amide bonds. The van der Waals surface area contributed by atoms with Gasteiger partial charge in [-0.1, -0.05) is 122 Å². The Balaban J connectivity index is 0. The number of hydrogen-bond donors (Lipinski definition) is 3. The number of hydroxylamine groups is 3. The molecule has 0 heterocycles. The van der Waals surface area contributed by atoms with Gasteiger partial charge in [0.1, 0.15) is 6.54 Å². The summed E-state index contributed by atoms with van der Waals surface area (Å²) in [5, 5.41) is 9.61. The molecule has 6 heteroatoms. The van der Waals surface area contributed by atoms with Crippen LogP contribution in [0.4, 0.5) is 0 Å². The fraction of sp³-hybridized carbons (Fsp3) is 1.00. The summed E-state index contributed by atoms with van der Waals surface area (Å²) < 4.78 is 0.124. The van der Waals surface area contributed by atoms with E-state index in [-0.39, 0.29) is 4.65 Å². The summed E-state index contributed by atoms with van der Waals surface area (Å²) in [4.78, 5) is 22.9. The largest absolute Gasteiger partial charge is 0.786 e. The van der Waals surface area contributed by atoms with Crippen LogP contribution in [-0.4, -0.2) is 40.3 Å². The molecule has 0 aliphatic rings. The maximum Gasteiger partial charge on any atom is 0.108 e. The van der Waals surface area contributed by atoms with Gasteiger partial charge in [0.25, 0.3) is 0 Å². The molecule has 0 unspecified atom stereocenters. The van der Waals surface area contributed by atoms with Crippen LogP contribution in [0, 0.1) is 0 Å². The normalized spacial score (nSPS) is 11.6. The highest BCUT2D eigenvalue weighted by molar-refractivity contribution is 7.36. The highest BCUT2D eigenvalue weighted by atomic mass is 31.2. The van der Waals surface area contributed by atoms with E-state index in [4.69, 9.17) is 14.7 Å². The van der Waals surface area contributed by atoms with E-state index in [0.29, 0.717) is 0 Å². The predicted octanol–water partition coefficient (Wildman–Crippen LogP) is 6.83. The van der Waals surface area contributed by atoms with Gasteiger partial charge >= 0.3 is 0 Å². The number of quaternary nitrogens is 1. The van der Waals surface area contributed by atoms with E-state index in [1.165, 1.54) is 122 Å². The predicted molar refractivity (Wildman–Crippen MR) is 128 cm³/mol. The Hall–Kier alpha value is 0.230. The van der Waals surface area contributed by atoms with Crippen LogP contribution < -0.4 is 4.89 Å². The van der Waals surface area contributed by atoms with Crippen molar-refractivity contribution in [2.75, 3.05) is 20.6 Å². The molecular weight excluding hydrogens is 397 g/mol. The van der Waals surface area contributed by atoms with Crippen molar-refractivity contribution in [1.29, 1.82) is 0 Å². The lowest BCUT2D eigenvalue weighted by Crippen LogP contribution is -2.36. The van der Waals surface area contributed by atoms with E-state index in [2.05, 4.69) is 6.92 Å². The molecule has 0 fully saturated rings. The van der Waals surface area contributed by atoms with Crippen molar-refractivity contribution < 1.29 is 24.5 Å². The summed E-state index contributed by atoms with van der Waals surface area (Å²) in [6, 6.07) is 0. The van der Waals surface area contributed by atoms with Crippen LogP contribution in [-0.2, 0) is 0 Å². The maximum atomic E-state index is 9.61. The van der Waals surface area contributed by atoms with Gasteiger partial charge in [-0.05, 0) is 12.8 Å². The van der Waals surface area contributed by atoms with E-state index in [1.807, 2.05) is 14.1 Å². The van der Waals surface area contributed by atoms with Crippen molar-refractivity contribution >= 4 is 8.60 Å². The van der Waals surface area contributed by atoms with E-state index >= 15 is 0 Å². The van der Waals surface area contributed by atoms with Crippen LogP contribution in [0.5, 0.6) is 0 Å². The molecule has 0 saturated carbocycles. The van der Waals surface area contributed by atoms with Crippen LogP contribution in [0.1, 0.15) is 135 Å². The van der Waals surface area contributed by atoms with Gasteiger partial charge in [-0.2, -0.15) is 4.65 Å². The monoisotopic (exact) mass is 451 g/mol. The molecule has 0 aromatic rings. The van der Waals surface area contributed by atoms with Crippen molar-refractivity contribution in [3.05, 3.63) is 0 Å². The SMILES string of the molecule is CCCCCCCCCCCCCCCCCCCCCC[N+](C)(C)O.[O-]P(O)O. The number of unbranched alkanes of at least 4 members (excludes halogenated alkanes) is 19. The topological polar surface area (TPSA) is 83.8 Å². The molecule has 0 aromatic heterocycles. The molecule has 0 saturated heterocycles. The Morgan fingerprint density at radius 1 is 0.533 bits per heavy atom. The zero-order chi connectivity index (χ0) is 22.9. The Kier molecular flexibility index (Phi) is 27.5.